The summed E-state index contributed by atoms with van der Waals surface area (Å²) in [5.74, 6) is 0.167. The maximum Gasteiger partial charge on any atom is 0.259 e. The van der Waals surface area contributed by atoms with Gasteiger partial charge in [-0.2, -0.15) is 0 Å². The number of amides is 1. The average Bonchev–Trinajstić information content (AvgIpc) is 2.89. The SMILES string of the molecule is CCCC(C)NC(=O)c1c(-c2ccc(OC)nc2)noc1N. The zero-order valence-corrected chi connectivity index (χ0v) is 12.9. The molecule has 0 fully saturated rings. The fraction of sp³-hybridized carbons (Fsp3) is 0.400. The van der Waals surface area contributed by atoms with Crippen molar-refractivity contribution in [2.45, 2.75) is 32.7 Å². The van der Waals surface area contributed by atoms with Gasteiger partial charge in [0.25, 0.3) is 5.91 Å². The Morgan fingerprint density at radius 1 is 1.50 bits per heavy atom. The molecule has 0 aliphatic carbocycles. The molecule has 1 amide bonds. The van der Waals surface area contributed by atoms with Crippen LogP contribution in [0.1, 0.15) is 37.0 Å². The topological polar surface area (TPSA) is 103 Å². The second kappa shape index (κ2) is 6.93. The van der Waals surface area contributed by atoms with Crippen molar-refractivity contribution in [1.82, 2.24) is 15.5 Å². The Hall–Kier alpha value is -2.57. The number of methoxy groups -OCH3 is 1. The Morgan fingerprint density at radius 2 is 2.27 bits per heavy atom. The maximum absolute atomic E-state index is 12.4. The summed E-state index contributed by atoms with van der Waals surface area (Å²) in [5.41, 5.74) is 6.98. The molecule has 1 unspecified atom stereocenters. The lowest BCUT2D eigenvalue weighted by molar-refractivity contribution is 0.0939. The van der Waals surface area contributed by atoms with Crippen molar-refractivity contribution in [1.29, 1.82) is 0 Å². The van der Waals surface area contributed by atoms with Crippen molar-refractivity contribution in [2.24, 2.45) is 0 Å². The number of hydrogen-bond donors (Lipinski definition) is 2. The molecular weight excluding hydrogens is 284 g/mol. The summed E-state index contributed by atoms with van der Waals surface area (Å²) >= 11 is 0. The van der Waals surface area contributed by atoms with Gasteiger partial charge < -0.3 is 20.3 Å². The van der Waals surface area contributed by atoms with E-state index in [1.54, 1.807) is 18.3 Å². The monoisotopic (exact) mass is 304 g/mol. The molecule has 0 saturated heterocycles. The highest BCUT2D eigenvalue weighted by Gasteiger charge is 2.23. The van der Waals surface area contributed by atoms with Crippen LogP contribution >= 0.6 is 0 Å². The quantitative estimate of drug-likeness (QED) is 0.848. The van der Waals surface area contributed by atoms with Crippen LogP contribution in [0.5, 0.6) is 5.88 Å². The maximum atomic E-state index is 12.4. The predicted molar refractivity (Wildman–Crippen MR) is 82.5 cm³/mol. The predicted octanol–water partition coefficient (Wildman–Crippen LogP) is 2.25. The van der Waals surface area contributed by atoms with Crippen molar-refractivity contribution in [3.63, 3.8) is 0 Å². The molecule has 0 aromatic carbocycles. The van der Waals surface area contributed by atoms with Crippen LogP contribution in [0.2, 0.25) is 0 Å². The van der Waals surface area contributed by atoms with E-state index in [1.165, 1.54) is 7.11 Å². The van der Waals surface area contributed by atoms with E-state index in [1.807, 2.05) is 6.92 Å². The standard InChI is InChI=1S/C15H20N4O3/c1-4-5-9(2)18-15(20)12-13(19-22-14(12)16)10-6-7-11(21-3)17-8-10/h6-9H,4-5,16H2,1-3H3,(H,18,20). The number of anilines is 1. The van der Waals surface area contributed by atoms with E-state index in [9.17, 15) is 4.79 Å². The van der Waals surface area contributed by atoms with E-state index in [0.29, 0.717) is 17.1 Å². The first-order valence-electron chi connectivity index (χ1n) is 7.13. The van der Waals surface area contributed by atoms with Crippen LogP contribution in [-0.2, 0) is 0 Å². The van der Waals surface area contributed by atoms with Crippen LogP contribution in [0.4, 0.5) is 5.88 Å². The molecule has 0 bridgehead atoms. The van der Waals surface area contributed by atoms with Gasteiger partial charge in [-0.15, -0.1) is 0 Å². The van der Waals surface area contributed by atoms with Gasteiger partial charge in [0.2, 0.25) is 11.8 Å². The minimum Gasteiger partial charge on any atom is -0.481 e. The highest BCUT2D eigenvalue weighted by molar-refractivity contribution is 6.03. The van der Waals surface area contributed by atoms with E-state index < -0.39 is 0 Å². The second-order valence-electron chi connectivity index (χ2n) is 5.02. The van der Waals surface area contributed by atoms with Crippen LogP contribution < -0.4 is 15.8 Å². The van der Waals surface area contributed by atoms with Crippen molar-refractivity contribution < 1.29 is 14.1 Å². The minimum atomic E-state index is -0.300. The smallest absolute Gasteiger partial charge is 0.259 e. The summed E-state index contributed by atoms with van der Waals surface area (Å²) in [6, 6.07) is 3.48. The number of ether oxygens (including phenoxy) is 1. The number of carbonyl (C=O) groups excluding carboxylic acids is 1. The third kappa shape index (κ3) is 3.36. The fourth-order valence-electron chi connectivity index (χ4n) is 2.16. The molecule has 0 aliphatic heterocycles. The Balaban J connectivity index is 2.28. The number of nitrogens with one attached hydrogen (secondary N) is 1. The first-order valence-corrected chi connectivity index (χ1v) is 7.13. The third-order valence-corrected chi connectivity index (χ3v) is 3.26. The van der Waals surface area contributed by atoms with Gasteiger partial charge in [-0.1, -0.05) is 18.5 Å². The molecule has 0 radical (unpaired) electrons. The van der Waals surface area contributed by atoms with Crippen molar-refractivity contribution >= 4 is 11.8 Å². The molecule has 1 atom stereocenters. The van der Waals surface area contributed by atoms with Gasteiger partial charge in [-0.25, -0.2) is 4.98 Å². The lowest BCUT2D eigenvalue weighted by Crippen LogP contribution is -2.32. The molecule has 2 heterocycles. The van der Waals surface area contributed by atoms with Gasteiger partial charge >= 0.3 is 0 Å². The zero-order chi connectivity index (χ0) is 16.1. The summed E-state index contributed by atoms with van der Waals surface area (Å²) in [7, 11) is 1.53. The molecule has 7 nitrogen and oxygen atoms in total. The third-order valence-electron chi connectivity index (χ3n) is 3.26. The Bertz CT molecular complexity index is 637. The van der Waals surface area contributed by atoms with E-state index in [0.717, 1.165) is 12.8 Å². The summed E-state index contributed by atoms with van der Waals surface area (Å²) in [6.07, 6.45) is 3.43. The average molecular weight is 304 g/mol. The number of nitrogen functional groups attached to an aromatic ring is 1. The molecule has 0 saturated carbocycles. The van der Waals surface area contributed by atoms with Gasteiger partial charge in [0.15, 0.2) is 0 Å². The summed E-state index contributed by atoms with van der Waals surface area (Å²) in [5, 5.41) is 6.77. The molecule has 2 rings (SSSR count). The Morgan fingerprint density at radius 3 is 2.86 bits per heavy atom. The lowest BCUT2D eigenvalue weighted by atomic mass is 10.1. The first kappa shape index (κ1) is 15.8. The van der Waals surface area contributed by atoms with E-state index in [4.69, 9.17) is 15.0 Å². The van der Waals surface area contributed by atoms with Crippen LogP contribution in [0.25, 0.3) is 11.3 Å². The molecular formula is C15H20N4O3. The molecule has 22 heavy (non-hydrogen) atoms. The van der Waals surface area contributed by atoms with E-state index in [2.05, 4.69) is 22.4 Å². The molecule has 0 aliphatic rings. The number of pyridine rings is 1. The minimum absolute atomic E-state index is 0.00739. The Labute approximate surface area is 128 Å². The highest BCUT2D eigenvalue weighted by Crippen LogP contribution is 2.27. The van der Waals surface area contributed by atoms with Crippen molar-refractivity contribution in [2.75, 3.05) is 12.8 Å². The van der Waals surface area contributed by atoms with Gasteiger partial charge in [0, 0.05) is 23.9 Å². The van der Waals surface area contributed by atoms with Gasteiger partial charge in [-0.05, 0) is 19.4 Å². The summed E-state index contributed by atoms with van der Waals surface area (Å²) < 4.78 is 9.99. The summed E-state index contributed by atoms with van der Waals surface area (Å²) in [6.45, 7) is 4.00. The number of nitrogens with zero attached hydrogens (tertiary/aromatic N) is 2. The molecule has 2 aromatic rings. The molecule has 3 N–H and O–H groups in total. The van der Waals surface area contributed by atoms with Gasteiger partial charge in [0.1, 0.15) is 11.3 Å². The van der Waals surface area contributed by atoms with Crippen molar-refractivity contribution in [3.05, 3.63) is 23.9 Å². The highest BCUT2D eigenvalue weighted by atomic mass is 16.5. The van der Waals surface area contributed by atoms with Crippen LogP contribution in [0.15, 0.2) is 22.9 Å². The van der Waals surface area contributed by atoms with Gasteiger partial charge in [-0.3, -0.25) is 4.79 Å². The number of nitrogens with two attached hydrogens (primary N) is 1. The normalized spacial score (nSPS) is 12.0. The zero-order valence-electron chi connectivity index (χ0n) is 12.9. The molecule has 118 valence electrons. The van der Waals surface area contributed by atoms with Gasteiger partial charge in [0.05, 0.1) is 7.11 Å². The number of hydrogen-bond acceptors (Lipinski definition) is 6. The van der Waals surface area contributed by atoms with Crippen LogP contribution in [-0.4, -0.2) is 29.2 Å². The van der Waals surface area contributed by atoms with Crippen molar-refractivity contribution in [3.8, 4) is 17.1 Å². The van der Waals surface area contributed by atoms with Crippen LogP contribution in [0, 0.1) is 0 Å². The Kier molecular flexibility index (Phi) is 4.98. The summed E-state index contributed by atoms with van der Waals surface area (Å²) in [4.78, 5) is 16.5. The number of rotatable bonds is 6. The number of carbonyl (C=O) groups is 1. The fourth-order valence-corrected chi connectivity index (χ4v) is 2.16. The molecule has 7 heteroatoms. The van der Waals surface area contributed by atoms with E-state index >= 15 is 0 Å². The van der Waals surface area contributed by atoms with Crippen LogP contribution in [0.3, 0.4) is 0 Å². The first-order chi connectivity index (χ1) is 10.6. The lowest BCUT2D eigenvalue weighted by Gasteiger charge is -2.12. The second-order valence-corrected chi connectivity index (χ2v) is 5.02. The molecule has 0 spiro atoms. The molecule has 2 aromatic heterocycles. The largest absolute Gasteiger partial charge is 0.481 e. The number of aromatic nitrogens is 2. The van der Waals surface area contributed by atoms with E-state index in [-0.39, 0.29) is 23.4 Å².